The standard InChI is InChI=1S/C17H16N4O3/c1-24-10-14(13-8-4-5-9-18-13)19-16(22)15-11-6-2-3-7-12(11)20-17(23)21-15/h2-9,14H,10H2,1H3,(H,19,22)(H,20,21,23)/t14-/m1/s1. The molecule has 24 heavy (non-hydrogen) atoms. The molecule has 0 unspecified atom stereocenters. The molecule has 3 aromatic rings. The zero-order chi connectivity index (χ0) is 16.9. The van der Waals surface area contributed by atoms with Crippen LogP contribution in [-0.4, -0.2) is 34.6 Å². The highest BCUT2D eigenvalue weighted by atomic mass is 16.5. The van der Waals surface area contributed by atoms with Crippen molar-refractivity contribution in [3.8, 4) is 0 Å². The van der Waals surface area contributed by atoms with Gasteiger partial charge in [0, 0.05) is 18.7 Å². The van der Waals surface area contributed by atoms with Gasteiger partial charge in [-0.05, 0) is 18.2 Å². The van der Waals surface area contributed by atoms with E-state index in [4.69, 9.17) is 4.74 Å². The molecule has 1 aromatic carbocycles. The lowest BCUT2D eigenvalue weighted by atomic mass is 10.1. The smallest absolute Gasteiger partial charge is 0.346 e. The quantitative estimate of drug-likeness (QED) is 0.740. The van der Waals surface area contributed by atoms with Gasteiger partial charge in [0.05, 0.1) is 23.9 Å². The van der Waals surface area contributed by atoms with Crippen molar-refractivity contribution in [2.24, 2.45) is 0 Å². The maximum Gasteiger partial charge on any atom is 0.346 e. The third-order valence-electron chi connectivity index (χ3n) is 3.54. The maximum absolute atomic E-state index is 12.7. The molecule has 0 bridgehead atoms. The second-order valence-electron chi connectivity index (χ2n) is 5.17. The number of benzene rings is 1. The molecule has 0 spiro atoms. The molecule has 3 rings (SSSR count). The van der Waals surface area contributed by atoms with Gasteiger partial charge in [-0.1, -0.05) is 24.3 Å². The number of para-hydroxylation sites is 1. The molecule has 2 N–H and O–H groups in total. The zero-order valence-corrected chi connectivity index (χ0v) is 13.0. The minimum atomic E-state index is -0.569. The van der Waals surface area contributed by atoms with Crippen molar-refractivity contribution in [3.63, 3.8) is 0 Å². The fraction of sp³-hybridized carbons (Fsp3) is 0.176. The average Bonchev–Trinajstić information content (AvgIpc) is 2.61. The van der Waals surface area contributed by atoms with Crippen LogP contribution in [-0.2, 0) is 4.74 Å². The van der Waals surface area contributed by atoms with Gasteiger partial charge < -0.3 is 15.0 Å². The van der Waals surface area contributed by atoms with E-state index in [1.165, 1.54) is 0 Å². The zero-order valence-electron chi connectivity index (χ0n) is 13.0. The second-order valence-corrected chi connectivity index (χ2v) is 5.17. The van der Waals surface area contributed by atoms with Crippen LogP contribution in [0.2, 0.25) is 0 Å². The van der Waals surface area contributed by atoms with Gasteiger partial charge >= 0.3 is 5.69 Å². The number of fused-ring (bicyclic) bond motifs is 1. The minimum Gasteiger partial charge on any atom is -0.382 e. The topological polar surface area (TPSA) is 97.0 Å². The summed E-state index contributed by atoms with van der Waals surface area (Å²) >= 11 is 0. The van der Waals surface area contributed by atoms with Crippen LogP contribution in [0, 0.1) is 0 Å². The van der Waals surface area contributed by atoms with E-state index in [1.807, 2.05) is 6.07 Å². The lowest BCUT2D eigenvalue weighted by Crippen LogP contribution is -2.33. The number of aromatic amines is 1. The number of carbonyl (C=O) groups excluding carboxylic acids is 1. The lowest BCUT2D eigenvalue weighted by molar-refractivity contribution is 0.0891. The predicted octanol–water partition coefficient (Wildman–Crippen LogP) is 1.44. The number of amides is 1. The highest BCUT2D eigenvalue weighted by Gasteiger charge is 2.20. The van der Waals surface area contributed by atoms with Gasteiger partial charge in [0.25, 0.3) is 5.91 Å². The van der Waals surface area contributed by atoms with Gasteiger partial charge in [-0.3, -0.25) is 9.78 Å². The number of ether oxygens (including phenoxy) is 1. The molecule has 1 atom stereocenters. The fourth-order valence-corrected chi connectivity index (χ4v) is 2.45. The van der Waals surface area contributed by atoms with Crippen LogP contribution in [0.15, 0.2) is 53.5 Å². The van der Waals surface area contributed by atoms with Gasteiger partial charge in [0.2, 0.25) is 0 Å². The Morgan fingerprint density at radius 1 is 1.25 bits per heavy atom. The number of hydrogen-bond donors (Lipinski definition) is 2. The Morgan fingerprint density at radius 2 is 2.04 bits per heavy atom. The summed E-state index contributed by atoms with van der Waals surface area (Å²) in [7, 11) is 1.54. The molecule has 0 aliphatic carbocycles. The van der Waals surface area contributed by atoms with Crippen LogP contribution in [0.25, 0.3) is 10.9 Å². The number of hydrogen-bond acceptors (Lipinski definition) is 5. The number of rotatable bonds is 5. The van der Waals surface area contributed by atoms with E-state index in [-0.39, 0.29) is 12.3 Å². The van der Waals surface area contributed by atoms with Crippen LogP contribution >= 0.6 is 0 Å². The number of nitrogens with zero attached hydrogens (tertiary/aromatic N) is 2. The predicted molar refractivity (Wildman–Crippen MR) is 88.7 cm³/mol. The SMILES string of the molecule is COC[C@@H](NC(=O)c1nc(=O)[nH]c2ccccc12)c1ccccn1. The number of aromatic nitrogens is 3. The Balaban J connectivity index is 1.95. The van der Waals surface area contributed by atoms with Gasteiger partial charge in [-0.2, -0.15) is 4.98 Å². The number of H-pyrrole nitrogens is 1. The number of pyridine rings is 1. The molecule has 0 saturated carbocycles. The van der Waals surface area contributed by atoms with Gasteiger partial charge in [0.15, 0.2) is 0 Å². The van der Waals surface area contributed by atoms with Crippen molar-refractivity contribution < 1.29 is 9.53 Å². The number of nitrogens with one attached hydrogen (secondary N) is 2. The Morgan fingerprint density at radius 3 is 2.79 bits per heavy atom. The first-order valence-corrected chi connectivity index (χ1v) is 7.39. The number of methoxy groups -OCH3 is 1. The second kappa shape index (κ2) is 7.01. The van der Waals surface area contributed by atoms with Crippen molar-refractivity contribution in [3.05, 3.63) is 70.5 Å². The monoisotopic (exact) mass is 324 g/mol. The summed E-state index contributed by atoms with van der Waals surface area (Å²) in [6, 6.07) is 12.0. The van der Waals surface area contributed by atoms with E-state index >= 15 is 0 Å². The first-order chi connectivity index (χ1) is 11.7. The molecular formula is C17H16N4O3. The molecule has 0 aliphatic rings. The summed E-state index contributed by atoms with van der Waals surface area (Å²) < 4.78 is 5.16. The molecule has 2 aromatic heterocycles. The van der Waals surface area contributed by atoms with E-state index in [0.717, 1.165) is 0 Å². The summed E-state index contributed by atoms with van der Waals surface area (Å²) in [5.74, 6) is -0.454. The van der Waals surface area contributed by atoms with E-state index in [0.29, 0.717) is 16.6 Å². The minimum absolute atomic E-state index is 0.0754. The van der Waals surface area contributed by atoms with E-state index < -0.39 is 17.6 Å². The maximum atomic E-state index is 12.7. The molecule has 1 amide bonds. The van der Waals surface area contributed by atoms with Crippen molar-refractivity contribution in [2.45, 2.75) is 6.04 Å². The number of carbonyl (C=O) groups is 1. The van der Waals surface area contributed by atoms with Crippen LogP contribution in [0.4, 0.5) is 0 Å². The van der Waals surface area contributed by atoms with E-state index in [1.54, 1.807) is 49.7 Å². The summed E-state index contributed by atoms with van der Waals surface area (Å²) in [5.41, 5.74) is 0.733. The van der Waals surface area contributed by atoms with E-state index in [2.05, 4.69) is 20.3 Å². The summed E-state index contributed by atoms with van der Waals surface area (Å²) in [4.78, 5) is 35.0. The third kappa shape index (κ3) is 3.31. The normalized spacial score (nSPS) is 12.0. The highest BCUT2D eigenvalue weighted by molar-refractivity contribution is 6.04. The Bertz CT molecular complexity index is 908. The van der Waals surface area contributed by atoms with Crippen LogP contribution in [0.3, 0.4) is 0 Å². The Hall–Kier alpha value is -3.06. The first kappa shape index (κ1) is 15.8. The average molecular weight is 324 g/mol. The molecular weight excluding hydrogens is 308 g/mol. The van der Waals surface area contributed by atoms with Crippen LogP contribution in [0.5, 0.6) is 0 Å². The molecule has 0 radical (unpaired) electrons. The van der Waals surface area contributed by atoms with Gasteiger partial charge in [-0.25, -0.2) is 4.79 Å². The third-order valence-corrected chi connectivity index (χ3v) is 3.54. The van der Waals surface area contributed by atoms with Gasteiger partial charge in [0.1, 0.15) is 5.69 Å². The van der Waals surface area contributed by atoms with Crippen molar-refractivity contribution >= 4 is 16.8 Å². The Kier molecular flexibility index (Phi) is 4.62. The summed E-state index contributed by atoms with van der Waals surface area (Å²) in [6.07, 6.45) is 1.64. The molecule has 0 aliphatic heterocycles. The first-order valence-electron chi connectivity index (χ1n) is 7.39. The van der Waals surface area contributed by atoms with Crippen LogP contribution in [0.1, 0.15) is 22.2 Å². The molecule has 7 nitrogen and oxygen atoms in total. The van der Waals surface area contributed by atoms with Crippen molar-refractivity contribution in [2.75, 3.05) is 13.7 Å². The lowest BCUT2D eigenvalue weighted by Gasteiger charge is -2.17. The molecule has 2 heterocycles. The summed E-state index contributed by atoms with van der Waals surface area (Å²) in [6.45, 7) is 0.254. The van der Waals surface area contributed by atoms with Gasteiger partial charge in [-0.15, -0.1) is 0 Å². The summed E-state index contributed by atoms with van der Waals surface area (Å²) in [5, 5.41) is 3.40. The molecule has 7 heteroatoms. The fourth-order valence-electron chi connectivity index (χ4n) is 2.45. The van der Waals surface area contributed by atoms with Crippen LogP contribution < -0.4 is 11.0 Å². The van der Waals surface area contributed by atoms with E-state index in [9.17, 15) is 9.59 Å². The Labute approximate surface area is 137 Å². The van der Waals surface area contributed by atoms with Crippen molar-refractivity contribution in [1.29, 1.82) is 0 Å². The molecule has 0 saturated heterocycles. The molecule has 0 fully saturated rings. The highest BCUT2D eigenvalue weighted by Crippen LogP contribution is 2.15. The van der Waals surface area contributed by atoms with Crippen molar-refractivity contribution in [1.82, 2.24) is 20.3 Å². The molecule has 122 valence electrons. The largest absolute Gasteiger partial charge is 0.382 e.